The van der Waals surface area contributed by atoms with Crippen molar-refractivity contribution in [2.45, 2.75) is 12.4 Å². The van der Waals surface area contributed by atoms with Gasteiger partial charge in [0.15, 0.2) is 11.7 Å². The zero-order valence-corrected chi connectivity index (χ0v) is 19.5. The fourth-order valence-corrected chi connectivity index (χ4v) is 3.38. The summed E-state index contributed by atoms with van der Waals surface area (Å²) in [5, 5.41) is 3.30. The number of hydrogen-bond acceptors (Lipinski definition) is 4. The lowest BCUT2D eigenvalue weighted by molar-refractivity contribution is -0.274. The highest BCUT2D eigenvalue weighted by Gasteiger charge is 2.32. The number of benzene rings is 2. The maximum atomic E-state index is 12.6. The molecule has 3 N–H and O–H groups in total. The average molecular weight is 571 g/mol. The summed E-state index contributed by atoms with van der Waals surface area (Å²) in [6, 6.07) is 13.0. The van der Waals surface area contributed by atoms with Crippen LogP contribution in [0.2, 0.25) is 5.02 Å². The largest absolute Gasteiger partial charge is 0.573 e. The number of aliphatic imine (C=N–C) groups is 1. The minimum atomic E-state index is -4.81. The number of nitrogens with one attached hydrogen (secondary N) is 1. The van der Waals surface area contributed by atoms with Crippen LogP contribution in [0.5, 0.6) is 5.75 Å². The van der Waals surface area contributed by atoms with Crippen LogP contribution in [0.3, 0.4) is 0 Å². The first-order valence-electron chi connectivity index (χ1n) is 9.31. The maximum absolute atomic E-state index is 12.6. The summed E-state index contributed by atoms with van der Waals surface area (Å²) in [7, 11) is 0. The van der Waals surface area contributed by atoms with E-state index in [0.717, 1.165) is 18.7 Å². The second-order valence-electron chi connectivity index (χ2n) is 6.61. The van der Waals surface area contributed by atoms with Gasteiger partial charge in [-0.2, -0.15) is 0 Å². The predicted octanol–water partition coefficient (Wildman–Crippen LogP) is 4.66. The summed E-state index contributed by atoms with van der Waals surface area (Å²) in [6.45, 7) is 2.96. The van der Waals surface area contributed by atoms with Gasteiger partial charge in [-0.05, 0) is 29.8 Å². The standard InChI is InChI=1S/C20H22ClF3N4O2.HI/c21-15-5-3-4-14(12-15)17(28-8-10-29-11-9-28)13-26-19(25)27-16-6-1-2-7-18(16)30-20(22,23)24;/h1-7,12,17H,8-11,13H2,(H3,25,26,27);1H. The van der Waals surface area contributed by atoms with E-state index in [1.807, 2.05) is 18.2 Å². The summed E-state index contributed by atoms with van der Waals surface area (Å²) >= 11 is 6.15. The Morgan fingerprint density at radius 1 is 1.19 bits per heavy atom. The van der Waals surface area contributed by atoms with Gasteiger partial charge in [0.05, 0.1) is 31.5 Å². The van der Waals surface area contributed by atoms with Gasteiger partial charge in [-0.3, -0.25) is 9.89 Å². The van der Waals surface area contributed by atoms with E-state index >= 15 is 0 Å². The number of hydrogen-bond donors (Lipinski definition) is 2. The van der Waals surface area contributed by atoms with Crippen molar-refractivity contribution in [2.24, 2.45) is 10.7 Å². The second-order valence-corrected chi connectivity index (χ2v) is 7.05. The lowest BCUT2D eigenvalue weighted by atomic mass is 10.0. The molecule has 1 unspecified atom stereocenters. The van der Waals surface area contributed by atoms with E-state index in [1.54, 1.807) is 12.1 Å². The van der Waals surface area contributed by atoms with Crippen molar-refractivity contribution in [1.82, 2.24) is 4.90 Å². The number of para-hydroxylation sites is 2. The van der Waals surface area contributed by atoms with Crippen molar-refractivity contribution >= 4 is 47.2 Å². The van der Waals surface area contributed by atoms with Crippen LogP contribution in [0.25, 0.3) is 0 Å². The van der Waals surface area contributed by atoms with Crippen LogP contribution < -0.4 is 15.8 Å². The van der Waals surface area contributed by atoms with E-state index < -0.39 is 6.36 Å². The highest BCUT2D eigenvalue weighted by atomic mass is 127. The molecule has 1 aliphatic rings. The van der Waals surface area contributed by atoms with Gasteiger partial charge < -0.3 is 20.5 Å². The molecular weight excluding hydrogens is 548 g/mol. The SMILES string of the molecule is I.NC(=NCC(c1cccc(Cl)c1)N1CCOCC1)Nc1ccccc1OC(F)(F)F. The molecule has 170 valence electrons. The van der Waals surface area contributed by atoms with E-state index in [4.69, 9.17) is 22.1 Å². The Balaban J connectivity index is 0.00000341. The molecule has 0 spiro atoms. The first kappa shape index (κ1) is 25.5. The lowest BCUT2D eigenvalue weighted by Crippen LogP contribution is -2.40. The van der Waals surface area contributed by atoms with Crippen molar-refractivity contribution in [3.05, 3.63) is 59.1 Å². The minimum absolute atomic E-state index is 0. The van der Waals surface area contributed by atoms with Crippen LogP contribution in [0, 0.1) is 0 Å². The number of anilines is 1. The molecule has 0 amide bonds. The van der Waals surface area contributed by atoms with E-state index in [9.17, 15) is 13.2 Å². The Labute approximate surface area is 200 Å². The lowest BCUT2D eigenvalue weighted by Gasteiger charge is -2.34. The molecule has 0 aromatic heterocycles. The van der Waals surface area contributed by atoms with Crippen molar-refractivity contribution < 1.29 is 22.6 Å². The van der Waals surface area contributed by atoms with E-state index in [0.29, 0.717) is 24.8 Å². The number of guanidine groups is 1. The van der Waals surface area contributed by atoms with Crippen molar-refractivity contribution in [3.63, 3.8) is 0 Å². The highest BCUT2D eigenvalue weighted by molar-refractivity contribution is 14.0. The number of morpholine rings is 1. The monoisotopic (exact) mass is 570 g/mol. The third-order valence-electron chi connectivity index (χ3n) is 4.53. The van der Waals surface area contributed by atoms with E-state index in [-0.39, 0.29) is 47.4 Å². The number of alkyl halides is 3. The fourth-order valence-electron chi connectivity index (χ4n) is 3.18. The van der Waals surface area contributed by atoms with Gasteiger partial charge in [0, 0.05) is 18.1 Å². The minimum Gasteiger partial charge on any atom is -0.404 e. The predicted molar refractivity (Wildman–Crippen MR) is 125 cm³/mol. The second kappa shape index (κ2) is 11.7. The first-order valence-corrected chi connectivity index (χ1v) is 9.68. The molecule has 2 aromatic carbocycles. The van der Waals surface area contributed by atoms with Crippen LogP contribution in [0.15, 0.2) is 53.5 Å². The van der Waals surface area contributed by atoms with Gasteiger partial charge in [0.1, 0.15) is 0 Å². The Morgan fingerprint density at radius 3 is 2.58 bits per heavy atom. The molecule has 1 heterocycles. The molecule has 1 fully saturated rings. The average Bonchev–Trinajstić information content (AvgIpc) is 2.69. The Kier molecular flexibility index (Phi) is 9.66. The first-order chi connectivity index (χ1) is 14.3. The Morgan fingerprint density at radius 2 is 1.90 bits per heavy atom. The molecule has 0 bridgehead atoms. The smallest absolute Gasteiger partial charge is 0.404 e. The molecule has 0 aliphatic carbocycles. The van der Waals surface area contributed by atoms with Crippen LogP contribution in [0.4, 0.5) is 18.9 Å². The van der Waals surface area contributed by atoms with Crippen LogP contribution in [-0.4, -0.2) is 50.1 Å². The number of rotatable bonds is 6. The third kappa shape index (κ3) is 8.02. The number of ether oxygens (including phenoxy) is 2. The maximum Gasteiger partial charge on any atom is 0.573 e. The van der Waals surface area contributed by atoms with Crippen molar-refractivity contribution in [1.29, 1.82) is 0 Å². The van der Waals surface area contributed by atoms with Gasteiger partial charge in [-0.1, -0.05) is 35.9 Å². The van der Waals surface area contributed by atoms with E-state index in [2.05, 4.69) is 19.9 Å². The van der Waals surface area contributed by atoms with Gasteiger partial charge in [0.25, 0.3) is 0 Å². The van der Waals surface area contributed by atoms with Crippen LogP contribution >= 0.6 is 35.6 Å². The van der Waals surface area contributed by atoms with Gasteiger partial charge >= 0.3 is 6.36 Å². The van der Waals surface area contributed by atoms with Gasteiger partial charge in [-0.25, -0.2) is 0 Å². The summed E-state index contributed by atoms with van der Waals surface area (Å²) in [4.78, 5) is 6.57. The summed E-state index contributed by atoms with van der Waals surface area (Å²) in [5.74, 6) is -0.406. The molecule has 1 atom stereocenters. The molecule has 2 aromatic rings. The molecule has 3 rings (SSSR count). The molecule has 0 saturated carbocycles. The molecule has 1 aliphatic heterocycles. The molecule has 11 heteroatoms. The highest BCUT2D eigenvalue weighted by Crippen LogP contribution is 2.30. The molecule has 31 heavy (non-hydrogen) atoms. The number of nitrogens with zero attached hydrogens (tertiary/aromatic N) is 2. The normalized spacial score (nSPS) is 16.3. The molecule has 0 radical (unpaired) electrons. The zero-order valence-electron chi connectivity index (χ0n) is 16.4. The van der Waals surface area contributed by atoms with Crippen molar-refractivity contribution in [3.8, 4) is 5.75 Å². The fraction of sp³-hybridized carbons (Fsp3) is 0.350. The zero-order chi connectivity index (χ0) is 21.6. The number of nitrogens with two attached hydrogens (primary N) is 1. The third-order valence-corrected chi connectivity index (χ3v) is 4.77. The van der Waals surface area contributed by atoms with E-state index in [1.165, 1.54) is 18.2 Å². The van der Waals surface area contributed by atoms with Gasteiger partial charge in [0.2, 0.25) is 0 Å². The summed E-state index contributed by atoms with van der Waals surface area (Å²) in [6.07, 6.45) is -4.81. The molecule has 1 saturated heterocycles. The number of halogens is 5. The van der Waals surface area contributed by atoms with Crippen molar-refractivity contribution in [2.75, 3.05) is 38.2 Å². The topological polar surface area (TPSA) is 72.1 Å². The Hall–Kier alpha value is -1.76. The van der Waals surface area contributed by atoms with Gasteiger partial charge in [-0.15, -0.1) is 37.1 Å². The van der Waals surface area contributed by atoms with Crippen LogP contribution in [0.1, 0.15) is 11.6 Å². The summed E-state index contributed by atoms with van der Waals surface area (Å²) in [5.41, 5.74) is 7.00. The Bertz CT molecular complexity index is 879. The van der Waals surface area contributed by atoms with Crippen LogP contribution in [-0.2, 0) is 4.74 Å². The molecule has 6 nitrogen and oxygen atoms in total. The molecular formula is C20H23ClF3IN4O2. The quantitative estimate of drug-likeness (QED) is 0.301. The summed E-state index contributed by atoms with van der Waals surface area (Å²) < 4.78 is 47.3.